The van der Waals surface area contributed by atoms with Gasteiger partial charge in [-0.25, -0.2) is 0 Å². The Kier molecular flexibility index (Phi) is 5.08. The molecule has 1 N–H and O–H groups in total. The van der Waals surface area contributed by atoms with Crippen LogP contribution in [0, 0.1) is 5.92 Å². The van der Waals surface area contributed by atoms with Crippen molar-refractivity contribution >= 4 is 5.91 Å². The Labute approximate surface area is 136 Å². The zero-order valence-corrected chi connectivity index (χ0v) is 13.3. The number of aromatic nitrogens is 2. The lowest BCUT2D eigenvalue weighted by atomic mass is 10.0. The fourth-order valence-corrected chi connectivity index (χ4v) is 3.08. The third-order valence-electron chi connectivity index (χ3n) is 4.38. The van der Waals surface area contributed by atoms with E-state index in [4.69, 9.17) is 0 Å². The summed E-state index contributed by atoms with van der Waals surface area (Å²) in [6.07, 6.45) is 6.52. The summed E-state index contributed by atoms with van der Waals surface area (Å²) in [7, 11) is 0. The number of hydrogen-bond acceptors (Lipinski definition) is 3. The van der Waals surface area contributed by atoms with Crippen LogP contribution in [-0.2, 0) is 6.54 Å². The highest BCUT2D eigenvalue weighted by molar-refractivity contribution is 5.93. The largest absolute Gasteiger partial charge is 0.396 e. The van der Waals surface area contributed by atoms with Gasteiger partial charge in [0.15, 0.2) is 0 Å². The zero-order chi connectivity index (χ0) is 16.1. The van der Waals surface area contributed by atoms with Crippen molar-refractivity contribution in [3.8, 4) is 0 Å². The molecule has 2 aromatic rings. The molecule has 1 atom stereocenters. The van der Waals surface area contributed by atoms with E-state index >= 15 is 0 Å². The quantitative estimate of drug-likeness (QED) is 0.941. The Morgan fingerprint density at radius 1 is 1.26 bits per heavy atom. The predicted molar refractivity (Wildman–Crippen MR) is 88.1 cm³/mol. The van der Waals surface area contributed by atoms with Gasteiger partial charge < -0.3 is 10.0 Å². The fourth-order valence-electron chi connectivity index (χ4n) is 3.08. The molecule has 3 rings (SSSR count). The van der Waals surface area contributed by atoms with Gasteiger partial charge in [-0.3, -0.25) is 9.48 Å². The molecule has 2 heterocycles. The molecule has 1 unspecified atom stereocenters. The molecule has 5 nitrogen and oxygen atoms in total. The van der Waals surface area contributed by atoms with Gasteiger partial charge >= 0.3 is 0 Å². The molecule has 1 saturated heterocycles. The van der Waals surface area contributed by atoms with Crippen molar-refractivity contribution < 1.29 is 9.90 Å². The van der Waals surface area contributed by atoms with Gasteiger partial charge in [0.05, 0.1) is 18.3 Å². The Bertz CT molecular complexity index is 639. The van der Waals surface area contributed by atoms with E-state index in [0.29, 0.717) is 18.7 Å². The van der Waals surface area contributed by atoms with Crippen LogP contribution in [-0.4, -0.2) is 45.4 Å². The number of aliphatic hydroxyl groups is 1. The van der Waals surface area contributed by atoms with Gasteiger partial charge in [-0.05, 0) is 24.3 Å². The summed E-state index contributed by atoms with van der Waals surface area (Å²) < 4.78 is 1.80. The Morgan fingerprint density at radius 2 is 2.09 bits per heavy atom. The van der Waals surface area contributed by atoms with Crippen LogP contribution in [0.25, 0.3) is 0 Å². The van der Waals surface area contributed by atoms with Crippen LogP contribution < -0.4 is 0 Å². The molecule has 0 radical (unpaired) electrons. The summed E-state index contributed by atoms with van der Waals surface area (Å²) >= 11 is 0. The Hall–Kier alpha value is -2.14. The van der Waals surface area contributed by atoms with Gasteiger partial charge in [0.2, 0.25) is 0 Å². The standard InChI is InChI=1S/C18H23N3O2/c22-14-16-8-4-5-9-20(11-16)18(23)17-10-19-21(13-17)12-15-6-2-1-3-7-15/h1-3,6-7,10,13,16,22H,4-5,8-9,11-12,14H2. The third kappa shape index (κ3) is 3.99. The van der Waals surface area contributed by atoms with E-state index < -0.39 is 0 Å². The van der Waals surface area contributed by atoms with E-state index in [2.05, 4.69) is 5.10 Å². The van der Waals surface area contributed by atoms with Gasteiger partial charge in [-0.1, -0.05) is 36.8 Å². The van der Waals surface area contributed by atoms with Crippen LogP contribution in [0.3, 0.4) is 0 Å². The summed E-state index contributed by atoms with van der Waals surface area (Å²) in [4.78, 5) is 14.5. The molecule has 122 valence electrons. The molecule has 1 fully saturated rings. The van der Waals surface area contributed by atoms with Crippen LogP contribution in [0.2, 0.25) is 0 Å². The monoisotopic (exact) mass is 313 g/mol. The number of carbonyl (C=O) groups excluding carboxylic acids is 1. The zero-order valence-electron chi connectivity index (χ0n) is 13.3. The van der Waals surface area contributed by atoms with E-state index in [-0.39, 0.29) is 18.4 Å². The first-order chi connectivity index (χ1) is 11.3. The second-order valence-corrected chi connectivity index (χ2v) is 6.21. The minimum atomic E-state index is 0.0182. The van der Waals surface area contributed by atoms with E-state index in [0.717, 1.165) is 31.4 Å². The molecule has 0 bridgehead atoms. The first kappa shape index (κ1) is 15.7. The van der Waals surface area contributed by atoms with Crippen molar-refractivity contribution in [1.82, 2.24) is 14.7 Å². The molecule has 0 spiro atoms. The maximum Gasteiger partial charge on any atom is 0.257 e. The van der Waals surface area contributed by atoms with E-state index in [9.17, 15) is 9.90 Å². The summed E-state index contributed by atoms with van der Waals surface area (Å²) in [6.45, 7) is 2.21. The summed E-state index contributed by atoms with van der Waals surface area (Å²) in [5, 5.41) is 13.7. The SMILES string of the molecule is O=C(c1cnn(Cc2ccccc2)c1)N1CCCCC(CO)C1. The van der Waals surface area contributed by atoms with Gasteiger partial charge in [0.25, 0.3) is 5.91 Å². The number of aliphatic hydroxyl groups excluding tert-OH is 1. The summed E-state index contributed by atoms with van der Waals surface area (Å²) in [6, 6.07) is 10.1. The van der Waals surface area contributed by atoms with Crippen LogP contribution in [0.15, 0.2) is 42.7 Å². The average Bonchev–Trinajstić information content (AvgIpc) is 2.91. The molecular formula is C18H23N3O2. The number of carbonyl (C=O) groups is 1. The fraction of sp³-hybridized carbons (Fsp3) is 0.444. The summed E-state index contributed by atoms with van der Waals surface area (Å²) in [5.74, 6) is 0.213. The molecule has 5 heteroatoms. The van der Waals surface area contributed by atoms with Crippen molar-refractivity contribution in [2.45, 2.75) is 25.8 Å². The number of rotatable bonds is 4. The molecule has 0 saturated carbocycles. The lowest BCUT2D eigenvalue weighted by Gasteiger charge is -2.22. The molecule has 23 heavy (non-hydrogen) atoms. The smallest absolute Gasteiger partial charge is 0.257 e. The van der Waals surface area contributed by atoms with Crippen LogP contribution in [0.1, 0.15) is 35.2 Å². The lowest BCUT2D eigenvalue weighted by molar-refractivity contribution is 0.0720. The molecule has 1 aromatic carbocycles. The van der Waals surface area contributed by atoms with Gasteiger partial charge in [0, 0.05) is 25.9 Å². The minimum Gasteiger partial charge on any atom is -0.396 e. The molecule has 1 aliphatic rings. The second kappa shape index (κ2) is 7.42. The summed E-state index contributed by atoms with van der Waals surface area (Å²) in [5.41, 5.74) is 1.78. The van der Waals surface area contributed by atoms with Crippen molar-refractivity contribution in [2.75, 3.05) is 19.7 Å². The van der Waals surface area contributed by atoms with E-state index in [1.54, 1.807) is 10.9 Å². The highest BCUT2D eigenvalue weighted by Crippen LogP contribution is 2.18. The highest BCUT2D eigenvalue weighted by Gasteiger charge is 2.23. The van der Waals surface area contributed by atoms with Crippen molar-refractivity contribution in [1.29, 1.82) is 0 Å². The van der Waals surface area contributed by atoms with E-state index in [1.165, 1.54) is 0 Å². The number of likely N-dealkylation sites (tertiary alicyclic amines) is 1. The van der Waals surface area contributed by atoms with Crippen LogP contribution >= 0.6 is 0 Å². The van der Waals surface area contributed by atoms with Crippen molar-refractivity contribution in [2.24, 2.45) is 5.92 Å². The van der Waals surface area contributed by atoms with Crippen molar-refractivity contribution in [3.05, 3.63) is 53.9 Å². The molecule has 0 aliphatic carbocycles. The first-order valence-corrected chi connectivity index (χ1v) is 8.23. The van der Waals surface area contributed by atoms with Gasteiger partial charge in [-0.15, -0.1) is 0 Å². The normalized spacial score (nSPS) is 18.7. The third-order valence-corrected chi connectivity index (χ3v) is 4.38. The maximum absolute atomic E-state index is 12.7. The minimum absolute atomic E-state index is 0.0182. The Morgan fingerprint density at radius 3 is 2.87 bits per heavy atom. The predicted octanol–water partition coefficient (Wildman–Crippen LogP) is 2.17. The lowest BCUT2D eigenvalue weighted by Crippen LogP contribution is -2.35. The second-order valence-electron chi connectivity index (χ2n) is 6.21. The van der Waals surface area contributed by atoms with Crippen LogP contribution in [0.5, 0.6) is 0 Å². The topological polar surface area (TPSA) is 58.4 Å². The molecular weight excluding hydrogens is 290 g/mol. The van der Waals surface area contributed by atoms with Crippen molar-refractivity contribution in [3.63, 3.8) is 0 Å². The number of nitrogens with zero attached hydrogens (tertiary/aromatic N) is 3. The molecule has 1 amide bonds. The number of amides is 1. The van der Waals surface area contributed by atoms with Gasteiger partial charge in [0.1, 0.15) is 0 Å². The number of benzene rings is 1. The first-order valence-electron chi connectivity index (χ1n) is 8.23. The molecule has 1 aliphatic heterocycles. The van der Waals surface area contributed by atoms with Crippen LogP contribution in [0.4, 0.5) is 0 Å². The Balaban J connectivity index is 1.68. The van der Waals surface area contributed by atoms with E-state index in [1.807, 2.05) is 41.4 Å². The number of hydrogen-bond donors (Lipinski definition) is 1. The molecule has 1 aromatic heterocycles. The van der Waals surface area contributed by atoms with Gasteiger partial charge in [-0.2, -0.15) is 5.10 Å². The maximum atomic E-state index is 12.7. The highest BCUT2D eigenvalue weighted by atomic mass is 16.3. The average molecular weight is 313 g/mol.